The molecule has 0 radical (unpaired) electrons. The monoisotopic (exact) mass is 206 g/mol. The van der Waals surface area contributed by atoms with E-state index >= 15 is 0 Å². The molecule has 0 aliphatic carbocycles. The minimum Gasteiger partial charge on any atom is -0.379 e. The molecule has 1 aromatic heterocycles. The Morgan fingerprint density at radius 1 is 1.60 bits per heavy atom. The van der Waals surface area contributed by atoms with E-state index in [1.807, 2.05) is 0 Å². The lowest BCUT2D eigenvalue weighted by Crippen LogP contribution is -2.20. The number of anilines is 1. The molecule has 0 saturated heterocycles. The van der Waals surface area contributed by atoms with E-state index in [0.717, 1.165) is 0 Å². The van der Waals surface area contributed by atoms with Gasteiger partial charge in [-0.1, -0.05) is 0 Å². The van der Waals surface area contributed by atoms with E-state index in [4.69, 9.17) is 4.74 Å². The van der Waals surface area contributed by atoms with Gasteiger partial charge in [-0.15, -0.1) is 5.10 Å². The highest BCUT2D eigenvalue weighted by Gasteiger charge is 2.25. The average Bonchev–Trinajstić information content (AvgIpc) is 2.61. The van der Waals surface area contributed by atoms with Crippen molar-refractivity contribution in [2.45, 2.75) is 6.42 Å². The normalized spacial score (nSPS) is 15.7. The highest BCUT2D eigenvalue weighted by molar-refractivity contribution is 6.13. The van der Waals surface area contributed by atoms with E-state index in [2.05, 4.69) is 15.3 Å². The Balaban J connectivity index is 2.20. The molecule has 78 valence electrons. The van der Waals surface area contributed by atoms with Gasteiger partial charge in [0, 0.05) is 13.3 Å². The van der Waals surface area contributed by atoms with Gasteiger partial charge in [-0.3, -0.25) is 4.79 Å². The SMILES string of the molecule is COCC1=NN(c2cccnn2)C(=O)C1. The maximum atomic E-state index is 11.5. The van der Waals surface area contributed by atoms with E-state index in [0.29, 0.717) is 18.1 Å². The quantitative estimate of drug-likeness (QED) is 0.709. The molecule has 6 heteroatoms. The summed E-state index contributed by atoms with van der Waals surface area (Å²) in [5, 5.41) is 12.9. The molecule has 0 unspecified atom stereocenters. The number of hydrazone groups is 1. The largest absolute Gasteiger partial charge is 0.379 e. The lowest BCUT2D eigenvalue weighted by Gasteiger charge is -2.07. The number of hydrogen-bond acceptors (Lipinski definition) is 5. The summed E-state index contributed by atoms with van der Waals surface area (Å²) >= 11 is 0. The van der Waals surface area contributed by atoms with Gasteiger partial charge in [0.2, 0.25) is 0 Å². The fourth-order valence-corrected chi connectivity index (χ4v) is 1.31. The van der Waals surface area contributed by atoms with Gasteiger partial charge in [0.15, 0.2) is 5.82 Å². The standard InChI is InChI=1S/C9H10N4O2/c1-15-6-7-5-9(14)13(12-7)8-3-2-4-10-11-8/h2-4H,5-6H2,1H3. The Kier molecular flexibility index (Phi) is 2.68. The smallest absolute Gasteiger partial charge is 0.254 e. The van der Waals surface area contributed by atoms with Gasteiger partial charge in [-0.2, -0.15) is 15.2 Å². The Bertz CT molecular complexity index is 390. The fourth-order valence-electron chi connectivity index (χ4n) is 1.31. The van der Waals surface area contributed by atoms with Gasteiger partial charge in [-0.05, 0) is 12.1 Å². The minimum atomic E-state index is -0.109. The maximum absolute atomic E-state index is 11.5. The van der Waals surface area contributed by atoms with Crippen LogP contribution in [-0.2, 0) is 9.53 Å². The van der Waals surface area contributed by atoms with E-state index in [1.165, 1.54) is 5.01 Å². The zero-order valence-corrected chi connectivity index (χ0v) is 8.25. The zero-order chi connectivity index (χ0) is 10.7. The number of carbonyl (C=O) groups excluding carboxylic acids is 1. The summed E-state index contributed by atoms with van der Waals surface area (Å²) in [6.07, 6.45) is 1.83. The van der Waals surface area contributed by atoms with Crippen molar-refractivity contribution < 1.29 is 9.53 Å². The van der Waals surface area contributed by atoms with Crippen LogP contribution in [0.1, 0.15) is 6.42 Å². The lowest BCUT2D eigenvalue weighted by molar-refractivity contribution is -0.117. The van der Waals surface area contributed by atoms with Crippen LogP contribution in [0, 0.1) is 0 Å². The second-order valence-electron chi connectivity index (χ2n) is 3.06. The van der Waals surface area contributed by atoms with Crippen LogP contribution < -0.4 is 5.01 Å². The van der Waals surface area contributed by atoms with Crippen molar-refractivity contribution in [3.05, 3.63) is 18.3 Å². The Hall–Kier alpha value is -1.82. The van der Waals surface area contributed by atoms with E-state index in [9.17, 15) is 4.79 Å². The molecule has 0 bridgehead atoms. The van der Waals surface area contributed by atoms with Gasteiger partial charge in [0.1, 0.15) is 0 Å². The van der Waals surface area contributed by atoms with Crippen LogP contribution in [0.25, 0.3) is 0 Å². The van der Waals surface area contributed by atoms with E-state index < -0.39 is 0 Å². The van der Waals surface area contributed by atoms with Crippen LogP contribution >= 0.6 is 0 Å². The van der Waals surface area contributed by atoms with Crippen LogP contribution in [0.2, 0.25) is 0 Å². The molecule has 2 heterocycles. The summed E-state index contributed by atoms with van der Waals surface area (Å²) in [7, 11) is 1.57. The molecule has 2 rings (SSSR count). The second-order valence-corrected chi connectivity index (χ2v) is 3.06. The predicted molar refractivity (Wildman–Crippen MR) is 53.4 cm³/mol. The molecule has 1 aromatic rings. The number of carbonyl (C=O) groups is 1. The third-order valence-corrected chi connectivity index (χ3v) is 1.92. The third-order valence-electron chi connectivity index (χ3n) is 1.92. The Morgan fingerprint density at radius 2 is 2.47 bits per heavy atom. The molecule has 0 N–H and O–H groups in total. The van der Waals surface area contributed by atoms with Crippen LogP contribution in [-0.4, -0.2) is 35.5 Å². The first kappa shape index (κ1) is 9.72. The van der Waals surface area contributed by atoms with Crippen molar-refractivity contribution in [3.63, 3.8) is 0 Å². The number of methoxy groups -OCH3 is 1. The molecule has 1 amide bonds. The first-order chi connectivity index (χ1) is 7.31. The summed E-state index contributed by atoms with van der Waals surface area (Å²) < 4.78 is 4.91. The van der Waals surface area contributed by atoms with Crippen molar-refractivity contribution >= 4 is 17.4 Å². The van der Waals surface area contributed by atoms with Gasteiger partial charge in [0.25, 0.3) is 5.91 Å². The van der Waals surface area contributed by atoms with Crippen molar-refractivity contribution in [1.82, 2.24) is 10.2 Å². The van der Waals surface area contributed by atoms with Gasteiger partial charge in [0.05, 0.1) is 18.7 Å². The first-order valence-electron chi connectivity index (χ1n) is 4.47. The second kappa shape index (κ2) is 4.14. The topological polar surface area (TPSA) is 67.7 Å². The van der Waals surface area contributed by atoms with Crippen molar-refractivity contribution in [1.29, 1.82) is 0 Å². The molecular formula is C9H10N4O2. The number of nitrogens with zero attached hydrogens (tertiary/aromatic N) is 4. The average molecular weight is 206 g/mol. The molecule has 0 aromatic carbocycles. The van der Waals surface area contributed by atoms with E-state index in [1.54, 1.807) is 25.4 Å². The molecule has 0 fully saturated rings. The summed E-state index contributed by atoms with van der Waals surface area (Å²) in [6.45, 7) is 0.364. The highest BCUT2D eigenvalue weighted by atomic mass is 16.5. The third kappa shape index (κ3) is 1.99. The van der Waals surface area contributed by atoms with Gasteiger partial charge < -0.3 is 4.74 Å². The fraction of sp³-hybridized carbons (Fsp3) is 0.333. The van der Waals surface area contributed by atoms with E-state index in [-0.39, 0.29) is 12.3 Å². The molecule has 1 aliphatic heterocycles. The summed E-state index contributed by atoms with van der Waals surface area (Å²) in [4.78, 5) is 11.5. The molecule has 0 atom stereocenters. The molecule has 15 heavy (non-hydrogen) atoms. The van der Waals surface area contributed by atoms with Crippen LogP contribution in [0.5, 0.6) is 0 Å². The van der Waals surface area contributed by atoms with Gasteiger partial charge >= 0.3 is 0 Å². The minimum absolute atomic E-state index is 0.109. The number of amides is 1. The Labute approximate surface area is 86.6 Å². The maximum Gasteiger partial charge on any atom is 0.254 e. The van der Waals surface area contributed by atoms with Crippen molar-refractivity contribution in [3.8, 4) is 0 Å². The van der Waals surface area contributed by atoms with Crippen LogP contribution in [0.3, 0.4) is 0 Å². The number of aromatic nitrogens is 2. The lowest BCUT2D eigenvalue weighted by atomic mass is 10.3. The highest BCUT2D eigenvalue weighted by Crippen LogP contribution is 2.16. The van der Waals surface area contributed by atoms with Crippen LogP contribution in [0.4, 0.5) is 5.82 Å². The number of ether oxygens (including phenoxy) is 1. The number of hydrogen-bond donors (Lipinski definition) is 0. The summed E-state index contributed by atoms with van der Waals surface area (Å²) in [5.41, 5.74) is 0.702. The molecule has 0 spiro atoms. The van der Waals surface area contributed by atoms with Crippen molar-refractivity contribution in [2.75, 3.05) is 18.7 Å². The Morgan fingerprint density at radius 3 is 3.13 bits per heavy atom. The zero-order valence-electron chi connectivity index (χ0n) is 8.25. The van der Waals surface area contributed by atoms with Crippen LogP contribution in [0.15, 0.2) is 23.4 Å². The summed E-state index contributed by atoms with van der Waals surface area (Å²) in [6, 6.07) is 3.39. The molecular weight excluding hydrogens is 196 g/mol. The van der Waals surface area contributed by atoms with Gasteiger partial charge in [-0.25, -0.2) is 0 Å². The molecule has 6 nitrogen and oxygen atoms in total. The number of rotatable bonds is 3. The molecule has 1 aliphatic rings. The predicted octanol–water partition coefficient (Wildman–Crippen LogP) is 0.216. The molecule has 0 saturated carbocycles. The van der Waals surface area contributed by atoms with Crippen molar-refractivity contribution in [2.24, 2.45) is 5.10 Å². The summed E-state index contributed by atoms with van der Waals surface area (Å²) in [5.74, 6) is 0.330. The first-order valence-corrected chi connectivity index (χ1v) is 4.47.